The Hall–Kier alpha value is -2.45. The number of hydrogen-bond acceptors (Lipinski definition) is 4. The smallest absolute Gasteiger partial charge is 0.317 e. The number of likely N-dealkylation sites (tertiary alicyclic amines) is 1. The molecule has 1 aromatic heterocycles. The lowest BCUT2D eigenvalue weighted by Crippen LogP contribution is -2.63. The zero-order valence-corrected chi connectivity index (χ0v) is 16.3. The number of nitrogens with zero attached hydrogens (tertiary/aromatic N) is 3. The highest BCUT2D eigenvalue weighted by molar-refractivity contribution is 7.88. The van der Waals surface area contributed by atoms with Crippen LogP contribution >= 0.6 is 0 Å². The number of hydrogen-bond donors (Lipinski definition) is 1. The molecule has 1 aliphatic rings. The van der Waals surface area contributed by atoms with Crippen LogP contribution in [0.5, 0.6) is 0 Å². The Morgan fingerprint density at radius 1 is 1.22 bits per heavy atom. The molecule has 0 unspecified atom stereocenters. The van der Waals surface area contributed by atoms with Crippen LogP contribution in [0.25, 0.3) is 0 Å². The lowest BCUT2D eigenvalue weighted by atomic mass is 10.1. The van der Waals surface area contributed by atoms with Crippen molar-refractivity contribution in [2.24, 2.45) is 0 Å². The molecule has 2 amide bonds. The van der Waals surface area contributed by atoms with Gasteiger partial charge in [-0.05, 0) is 24.1 Å². The Kier molecular flexibility index (Phi) is 5.76. The van der Waals surface area contributed by atoms with Crippen LogP contribution in [-0.4, -0.2) is 54.0 Å². The molecule has 0 atom stereocenters. The number of sulfonamides is 1. The van der Waals surface area contributed by atoms with E-state index in [9.17, 15) is 13.2 Å². The molecule has 2 heterocycles. The van der Waals surface area contributed by atoms with E-state index in [1.165, 1.54) is 16.1 Å². The van der Waals surface area contributed by atoms with Crippen molar-refractivity contribution >= 4 is 16.1 Å². The quantitative estimate of drug-likeness (QED) is 0.817. The van der Waals surface area contributed by atoms with Crippen molar-refractivity contribution in [2.75, 3.05) is 19.3 Å². The fourth-order valence-electron chi connectivity index (χ4n) is 2.99. The van der Waals surface area contributed by atoms with Gasteiger partial charge < -0.3 is 10.2 Å². The molecule has 0 spiro atoms. The number of urea groups is 1. The maximum Gasteiger partial charge on any atom is 0.317 e. The van der Waals surface area contributed by atoms with Crippen LogP contribution in [0, 0.1) is 6.92 Å². The third-order valence-electron chi connectivity index (χ3n) is 4.61. The van der Waals surface area contributed by atoms with Crippen LogP contribution in [0.3, 0.4) is 0 Å². The Bertz CT molecular complexity index is 879. The molecule has 0 bridgehead atoms. The minimum absolute atomic E-state index is 0.179. The molecule has 2 aromatic rings. The average molecular weight is 388 g/mol. The SMILES string of the molecule is Cc1ccc(CNC(=O)N2CC(N(Cc3cccnc3)S(C)(=O)=O)C2)cc1. The first-order valence-electron chi connectivity index (χ1n) is 8.77. The molecule has 27 heavy (non-hydrogen) atoms. The van der Waals surface area contributed by atoms with E-state index in [-0.39, 0.29) is 18.6 Å². The number of benzene rings is 1. The highest BCUT2D eigenvalue weighted by Crippen LogP contribution is 2.20. The normalized spacial score (nSPS) is 14.9. The molecule has 1 fully saturated rings. The summed E-state index contributed by atoms with van der Waals surface area (Å²) < 4.78 is 25.8. The highest BCUT2D eigenvalue weighted by atomic mass is 32.2. The van der Waals surface area contributed by atoms with Gasteiger partial charge >= 0.3 is 6.03 Å². The molecule has 0 saturated carbocycles. The second kappa shape index (κ2) is 8.06. The summed E-state index contributed by atoms with van der Waals surface area (Å²) >= 11 is 0. The third kappa shape index (κ3) is 5.05. The molecule has 144 valence electrons. The maximum absolute atomic E-state index is 12.3. The standard InChI is InChI=1S/C19H24N4O3S/c1-15-5-7-16(8-6-15)11-21-19(24)22-13-18(14-22)23(27(2,25)26)12-17-4-3-9-20-10-17/h3-10,18H,11-14H2,1-2H3,(H,21,24). The van der Waals surface area contributed by atoms with Crippen molar-refractivity contribution < 1.29 is 13.2 Å². The third-order valence-corrected chi connectivity index (χ3v) is 5.89. The van der Waals surface area contributed by atoms with Gasteiger partial charge in [0, 0.05) is 38.6 Å². The van der Waals surface area contributed by atoms with Crippen LogP contribution in [0.2, 0.25) is 0 Å². The Balaban J connectivity index is 1.54. The minimum atomic E-state index is -3.38. The largest absolute Gasteiger partial charge is 0.334 e. The maximum atomic E-state index is 12.3. The molecule has 1 aromatic carbocycles. The van der Waals surface area contributed by atoms with Gasteiger partial charge in [0.1, 0.15) is 0 Å². The molecule has 0 radical (unpaired) electrons. The summed E-state index contributed by atoms with van der Waals surface area (Å²) in [6.45, 7) is 3.49. The molecule has 3 rings (SSSR count). The number of amides is 2. The summed E-state index contributed by atoms with van der Waals surface area (Å²) in [5, 5.41) is 2.88. The van der Waals surface area contributed by atoms with Gasteiger partial charge in [-0.25, -0.2) is 13.2 Å². The van der Waals surface area contributed by atoms with Gasteiger partial charge in [0.25, 0.3) is 0 Å². The van der Waals surface area contributed by atoms with Gasteiger partial charge in [0.2, 0.25) is 10.0 Å². The van der Waals surface area contributed by atoms with E-state index in [4.69, 9.17) is 0 Å². The summed E-state index contributed by atoms with van der Waals surface area (Å²) in [6.07, 6.45) is 4.50. The number of carbonyl (C=O) groups is 1. The number of pyridine rings is 1. The number of carbonyl (C=O) groups excluding carboxylic acids is 1. The predicted molar refractivity (Wildman–Crippen MR) is 103 cm³/mol. The zero-order chi connectivity index (χ0) is 19.4. The number of aromatic nitrogens is 1. The summed E-state index contributed by atoms with van der Waals surface area (Å²) in [7, 11) is -3.38. The minimum Gasteiger partial charge on any atom is -0.334 e. The Labute approximate surface area is 160 Å². The van der Waals surface area contributed by atoms with Gasteiger partial charge in [-0.1, -0.05) is 35.9 Å². The second-order valence-corrected chi connectivity index (χ2v) is 8.81. The average Bonchev–Trinajstić information content (AvgIpc) is 2.59. The van der Waals surface area contributed by atoms with Crippen LogP contribution in [0.15, 0.2) is 48.8 Å². The van der Waals surface area contributed by atoms with Crippen molar-refractivity contribution in [3.63, 3.8) is 0 Å². The van der Waals surface area contributed by atoms with E-state index in [1.54, 1.807) is 23.4 Å². The zero-order valence-electron chi connectivity index (χ0n) is 15.5. The fourth-order valence-corrected chi connectivity index (χ4v) is 4.05. The number of nitrogens with one attached hydrogen (secondary N) is 1. The molecule has 7 nitrogen and oxygen atoms in total. The van der Waals surface area contributed by atoms with Crippen molar-refractivity contribution in [1.82, 2.24) is 19.5 Å². The monoisotopic (exact) mass is 388 g/mol. The molecule has 0 aliphatic carbocycles. The lowest BCUT2D eigenvalue weighted by Gasteiger charge is -2.44. The molecule has 1 aliphatic heterocycles. The van der Waals surface area contributed by atoms with E-state index in [2.05, 4.69) is 10.3 Å². The first kappa shape index (κ1) is 19.3. The Morgan fingerprint density at radius 2 is 1.93 bits per heavy atom. The van der Waals surface area contributed by atoms with Gasteiger partial charge in [-0.15, -0.1) is 0 Å². The predicted octanol–water partition coefficient (Wildman–Crippen LogP) is 1.75. The van der Waals surface area contributed by atoms with E-state index in [0.717, 1.165) is 11.1 Å². The molecular formula is C19H24N4O3S. The number of aryl methyl sites for hydroxylation is 1. The van der Waals surface area contributed by atoms with Crippen molar-refractivity contribution in [2.45, 2.75) is 26.1 Å². The van der Waals surface area contributed by atoms with E-state index in [1.807, 2.05) is 37.3 Å². The van der Waals surface area contributed by atoms with Gasteiger partial charge in [-0.2, -0.15) is 4.31 Å². The van der Waals surface area contributed by atoms with Crippen LogP contribution in [0.1, 0.15) is 16.7 Å². The van der Waals surface area contributed by atoms with Crippen LogP contribution < -0.4 is 5.32 Å². The topological polar surface area (TPSA) is 82.6 Å². The first-order valence-corrected chi connectivity index (χ1v) is 10.6. The fraction of sp³-hybridized carbons (Fsp3) is 0.368. The van der Waals surface area contributed by atoms with E-state index in [0.29, 0.717) is 19.6 Å². The van der Waals surface area contributed by atoms with Crippen molar-refractivity contribution in [3.05, 3.63) is 65.5 Å². The van der Waals surface area contributed by atoms with Crippen molar-refractivity contribution in [3.8, 4) is 0 Å². The Morgan fingerprint density at radius 3 is 2.52 bits per heavy atom. The van der Waals surface area contributed by atoms with Gasteiger partial charge in [0.05, 0.1) is 12.3 Å². The summed E-state index contributed by atoms with van der Waals surface area (Å²) in [6, 6.07) is 11.2. The van der Waals surface area contributed by atoms with E-state index >= 15 is 0 Å². The lowest BCUT2D eigenvalue weighted by molar-refractivity contribution is 0.0982. The molecular weight excluding hydrogens is 364 g/mol. The van der Waals surface area contributed by atoms with Crippen LogP contribution in [-0.2, 0) is 23.1 Å². The van der Waals surface area contributed by atoms with Crippen molar-refractivity contribution in [1.29, 1.82) is 0 Å². The van der Waals surface area contributed by atoms with Gasteiger partial charge in [-0.3, -0.25) is 4.98 Å². The molecule has 1 N–H and O–H groups in total. The summed E-state index contributed by atoms with van der Waals surface area (Å²) in [5.74, 6) is 0. The number of rotatable bonds is 6. The highest BCUT2D eigenvalue weighted by Gasteiger charge is 2.38. The first-order chi connectivity index (χ1) is 12.8. The van der Waals surface area contributed by atoms with Crippen LogP contribution in [0.4, 0.5) is 4.79 Å². The second-order valence-electron chi connectivity index (χ2n) is 6.87. The molecule has 8 heteroatoms. The summed E-state index contributed by atoms with van der Waals surface area (Å²) in [4.78, 5) is 17.9. The van der Waals surface area contributed by atoms with E-state index < -0.39 is 10.0 Å². The summed E-state index contributed by atoms with van der Waals surface area (Å²) in [5.41, 5.74) is 3.02. The van der Waals surface area contributed by atoms with Gasteiger partial charge in [0.15, 0.2) is 0 Å². The molecule has 1 saturated heterocycles.